The number of aliphatic carboxylic acids is 1. The standard InChI is InChI=1S/C22H26N2O4/c1-23(15-21(26)24-12-10-18(11-13-24)22(27)28)20(25)9-7-16-6-8-17-4-2-3-5-19(17)14-16/h2-6,8,14,18H,7,9-13,15H2,1H3,(H,27,28). The molecule has 2 amide bonds. The van der Waals surface area contributed by atoms with Gasteiger partial charge in [0.15, 0.2) is 0 Å². The van der Waals surface area contributed by atoms with Crippen molar-refractivity contribution in [2.24, 2.45) is 5.92 Å². The van der Waals surface area contributed by atoms with Crippen molar-refractivity contribution in [2.45, 2.75) is 25.7 Å². The summed E-state index contributed by atoms with van der Waals surface area (Å²) in [5.41, 5.74) is 1.10. The molecule has 2 aromatic rings. The van der Waals surface area contributed by atoms with Crippen LogP contribution in [0.4, 0.5) is 0 Å². The third-order valence-electron chi connectivity index (χ3n) is 5.44. The van der Waals surface area contributed by atoms with Gasteiger partial charge in [0.1, 0.15) is 0 Å². The second-order valence-electron chi connectivity index (χ2n) is 7.42. The fourth-order valence-corrected chi connectivity index (χ4v) is 3.60. The van der Waals surface area contributed by atoms with Crippen LogP contribution in [0.25, 0.3) is 10.8 Å². The van der Waals surface area contributed by atoms with Gasteiger partial charge in [0.25, 0.3) is 0 Å². The Morgan fingerprint density at radius 1 is 1.07 bits per heavy atom. The quantitative estimate of drug-likeness (QED) is 0.833. The molecule has 0 spiro atoms. The van der Waals surface area contributed by atoms with Crippen molar-refractivity contribution in [3.8, 4) is 0 Å². The van der Waals surface area contributed by atoms with Crippen molar-refractivity contribution < 1.29 is 19.5 Å². The lowest BCUT2D eigenvalue weighted by molar-refractivity contribution is -0.146. The van der Waals surface area contributed by atoms with Crippen LogP contribution in [0, 0.1) is 5.92 Å². The van der Waals surface area contributed by atoms with Gasteiger partial charge in [-0.1, -0.05) is 42.5 Å². The Labute approximate surface area is 164 Å². The number of fused-ring (bicyclic) bond motifs is 1. The number of rotatable bonds is 6. The SMILES string of the molecule is CN(CC(=O)N1CCC(C(=O)O)CC1)C(=O)CCc1ccc2ccccc2c1. The smallest absolute Gasteiger partial charge is 0.306 e. The van der Waals surface area contributed by atoms with Crippen molar-refractivity contribution in [1.82, 2.24) is 9.80 Å². The Balaban J connectivity index is 1.47. The Kier molecular flexibility index (Phi) is 6.29. The van der Waals surface area contributed by atoms with Crippen molar-refractivity contribution in [1.29, 1.82) is 0 Å². The highest BCUT2D eigenvalue weighted by molar-refractivity contribution is 5.85. The van der Waals surface area contributed by atoms with E-state index < -0.39 is 5.97 Å². The number of piperidine rings is 1. The summed E-state index contributed by atoms with van der Waals surface area (Å²) in [6.07, 6.45) is 1.93. The van der Waals surface area contributed by atoms with E-state index in [0.717, 1.165) is 10.9 Å². The number of likely N-dealkylation sites (N-methyl/N-ethyl adjacent to an activating group) is 1. The van der Waals surface area contributed by atoms with Gasteiger partial charge in [-0.05, 0) is 35.6 Å². The van der Waals surface area contributed by atoms with E-state index >= 15 is 0 Å². The first-order valence-electron chi connectivity index (χ1n) is 9.66. The molecule has 1 heterocycles. The predicted octanol–water partition coefficient (Wildman–Crippen LogP) is 2.55. The van der Waals surface area contributed by atoms with Gasteiger partial charge in [0.2, 0.25) is 11.8 Å². The molecule has 2 aromatic carbocycles. The molecule has 6 heteroatoms. The molecule has 28 heavy (non-hydrogen) atoms. The average molecular weight is 382 g/mol. The minimum atomic E-state index is -0.798. The van der Waals surface area contributed by atoms with Gasteiger partial charge in [-0.25, -0.2) is 0 Å². The molecule has 0 bridgehead atoms. The van der Waals surface area contributed by atoms with Crippen LogP contribution in [-0.4, -0.2) is 59.4 Å². The Morgan fingerprint density at radius 3 is 2.43 bits per heavy atom. The van der Waals surface area contributed by atoms with Crippen LogP contribution in [0.1, 0.15) is 24.8 Å². The number of carboxylic acids is 1. The summed E-state index contributed by atoms with van der Waals surface area (Å²) in [5.74, 6) is -1.36. The molecule has 1 N–H and O–H groups in total. The van der Waals surface area contributed by atoms with Gasteiger partial charge < -0.3 is 14.9 Å². The molecule has 148 valence electrons. The lowest BCUT2D eigenvalue weighted by atomic mass is 9.97. The molecule has 0 radical (unpaired) electrons. The first-order chi connectivity index (χ1) is 13.4. The summed E-state index contributed by atoms with van der Waals surface area (Å²) in [7, 11) is 1.64. The lowest BCUT2D eigenvalue weighted by Crippen LogP contribution is -2.45. The lowest BCUT2D eigenvalue weighted by Gasteiger charge is -2.31. The number of benzene rings is 2. The summed E-state index contributed by atoms with van der Waals surface area (Å²) < 4.78 is 0. The van der Waals surface area contributed by atoms with Gasteiger partial charge in [-0.3, -0.25) is 14.4 Å². The summed E-state index contributed by atoms with van der Waals surface area (Å²) >= 11 is 0. The Bertz CT molecular complexity index is 872. The highest BCUT2D eigenvalue weighted by Gasteiger charge is 2.27. The summed E-state index contributed by atoms with van der Waals surface area (Å²) in [6.45, 7) is 0.915. The van der Waals surface area contributed by atoms with Crippen LogP contribution in [0.5, 0.6) is 0 Å². The molecule has 1 aliphatic heterocycles. The number of carbonyl (C=O) groups excluding carboxylic acids is 2. The van der Waals surface area contributed by atoms with Crippen LogP contribution in [0.2, 0.25) is 0 Å². The average Bonchev–Trinajstić information content (AvgIpc) is 2.71. The van der Waals surface area contributed by atoms with Crippen molar-refractivity contribution in [3.05, 3.63) is 48.0 Å². The molecule has 0 atom stereocenters. The summed E-state index contributed by atoms with van der Waals surface area (Å²) in [5, 5.41) is 11.4. The zero-order valence-corrected chi connectivity index (χ0v) is 16.1. The molecule has 1 fully saturated rings. The molecule has 0 aromatic heterocycles. The van der Waals surface area contributed by atoms with Crippen LogP contribution in [0.3, 0.4) is 0 Å². The topological polar surface area (TPSA) is 77.9 Å². The molecular weight excluding hydrogens is 356 g/mol. The molecule has 6 nitrogen and oxygen atoms in total. The monoisotopic (exact) mass is 382 g/mol. The number of hydrogen-bond donors (Lipinski definition) is 1. The van der Waals surface area contributed by atoms with Crippen LogP contribution in [-0.2, 0) is 20.8 Å². The van der Waals surface area contributed by atoms with E-state index in [-0.39, 0.29) is 24.3 Å². The molecule has 1 aliphatic rings. The van der Waals surface area contributed by atoms with Crippen LogP contribution >= 0.6 is 0 Å². The second kappa shape index (κ2) is 8.87. The van der Waals surface area contributed by atoms with E-state index in [1.54, 1.807) is 11.9 Å². The van der Waals surface area contributed by atoms with Gasteiger partial charge in [-0.15, -0.1) is 0 Å². The van der Waals surface area contributed by atoms with Crippen molar-refractivity contribution >= 4 is 28.6 Å². The van der Waals surface area contributed by atoms with E-state index in [0.29, 0.717) is 38.8 Å². The highest BCUT2D eigenvalue weighted by atomic mass is 16.4. The van der Waals surface area contributed by atoms with Gasteiger partial charge in [0.05, 0.1) is 12.5 Å². The molecule has 0 aliphatic carbocycles. The first kappa shape index (κ1) is 19.9. The third-order valence-corrected chi connectivity index (χ3v) is 5.44. The molecule has 1 saturated heterocycles. The van der Waals surface area contributed by atoms with Gasteiger partial charge in [0, 0.05) is 26.6 Å². The largest absolute Gasteiger partial charge is 0.481 e. The van der Waals surface area contributed by atoms with Crippen molar-refractivity contribution in [2.75, 3.05) is 26.7 Å². The molecule has 3 rings (SSSR count). The third kappa shape index (κ3) is 4.88. The maximum Gasteiger partial charge on any atom is 0.306 e. The number of amides is 2. The maximum absolute atomic E-state index is 12.4. The number of nitrogens with zero attached hydrogens (tertiary/aromatic N) is 2. The minimum absolute atomic E-state index is 0.0360. The predicted molar refractivity (Wildman–Crippen MR) is 107 cm³/mol. The van der Waals surface area contributed by atoms with Gasteiger partial charge in [-0.2, -0.15) is 0 Å². The Morgan fingerprint density at radius 2 is 1.75 bits per heavy atom. The zero-order chi connectivity index (χ0) is 20.1. The van der Waals surface area contributed by atoms with E-state index in [2.05, 4.69) is 24.3 Å². The van der Waals surface area contributed by atoms with Crippen LogP contribution < -0.4 is 0 Å². The first-order valence-corrected chi connectivity index (χ1v) is 9.66. The fourth-order valence-electron chi connectivity index (χ4n) is 3.60. The number of aryl methyl sites for hydroxylation is 1. The van der Waals surface area contributed by atoms with Crippen LogP contribution in [0.15, 0.2) is 42.5 Å². The normalized spacial score (nSPS) is 14.8. The summed E-state index contributed by atoms with van der Waals surface area (Å²) in [6, 6.07) is 14.3. The molecular formula is C22H26N2O4. The number of carbonyl (C=O) groups is 3. The maximum atomic E-state index is 12.4. The second-order valence-corrected chi connectivity index (χ2v) is 7.42. The highest BCUT2D eigenvalue weighted by Crippen LogP contribution is 2.18. The zero-order valence-electron chi connectivity index (χ0n) is 16.1. The molecule has 0 unspecified atom stereocenters. The number of hydrogen-bond acceptors (Lipinski definition) is 3. The minimum Gasteiger partial charge on any atom is -0.481 e. The number of likely N-dealkylation sites (tertiary alicyclic amines) is 1. The number of carboxylic acid groups (broad SMARTS) is 1. The molecule has 0 saturated carbocycles. The Hall–Kier alpha value is -2.89. The fraction of sp³-hybridized carbons (Fsp3) is 0.409. The van der Waals surface area contributed by atoms with Crippen molar-refractivity contribution in [3.63, 3.8) is 0 Å². The van der Waals surface area contributed by atoms with E-state index in [1.165, 1.54) is 10.3 Å². The van der Waals surface area contributed by atoms with E-state index in [9.17, 15) is 14.4 Å². The van der Waals surface area contributed by atoms with Gasteiger partial charge >= 0.3 is 5.97 Å². The summed E-state index contributed by atoms with van der Waals surface area (Å²) in [4.78, 5) is 38.9. The van der Waals surface area contributed by atoms with E-state index in [4.69, 9.17) is 5.11 Å². The van der Waals surface area contributed by atoms with E-state index in [1.807, 2.05) is 18.2 Å².